The first-order valence-corrected chi connectivity index (χ1v) is 9.85. The van der Waals surface area contributed by atoms with Crippen LogP contribution in [0.3, 0.4) is 0 Å². The van der Waals surface area contributed by atoms with Gasteiger partial charge >= 0.3 is 5.97 Å². The van der Waals surface area contributed by atoms with Gasteiger partial charge in [0.2, 0.25) is 5.88 Å². The van der Waals surface area contributed by atoms with Gasteiger partial charge in [0.25, 0.3) is 0 Å². The topological polar surface area (TPSA) is 78.6 Å². The van der Waals surface area contributed by atoms with Gasteiger partial charge in [-0.15, -0.1) is 0 Å². The average Bonchev–Trinajstić information content (AvgIpc) is 2.59. The van der Waals surface area contributed by atoms with Gasteiger partial charge in [-0.1, -0.05) is 52.0 Å². The van der Waals surface area contributed by atoms with Crippen molar-refractivity contribution in [2.24, 2.45) is 11.1 Å². The summed E-state index contributed by atoms with van der Waals surface area (Å²) in [6.07, 6.45) is 1.01. The van der Waals surface area contributed by atoms with Crippen LogP contribution in [0.4, 0.5) is 0 Å². The maximum atomic E-state index is 13.1. The van der Waals surface area contributed by atoms with Crippen LogP contribution >= 0.6 is 0 Å². The molecule has 2 N–H and O–H groups in total. The third-order valence-electron chi connectivity index (χ3n) is 5.39. The van der Waals surface area contributed by atoms with Gasteiger partial charge in [-0.2, -0.15) is 0 Å². The largest absolute Gasteiger partial charge is 0.462 e. The minimum Gasteiger partial charge on any atom is -0.462 e. The van der Waals surface area contributed by atoms with Gasteiger partial charge in [0.15, 0.2) is 5.78 Å². The van der Waals surface area contributed by atoms with Gasteiger partial charge in [-0.25, -0.2) is 4.79 Å². The molecule has 0 bridgehead atoms. The van der Waals surface area contributed by atoms with Crippen molar-refractivity contribution in [1.29, 1.82) is 0 Å². The Bertz CT molecular complexity index is 859. The van der Waals surface area contributed by atoms with Crippen LogP contribution in [0.25, 0.3) is 0 Å². The summed E-state index contributed by atoms with van der Waals surface area (Å²) < 4.78 is 11.0. The second-order valence-electron chi connectivity index (χ2n) is 8.63. The fourth-order valence-corrected chi connectivity index (χ4v) is 4.00. The molecule has 1 heterocycles. The molecule has 1 aromatic rings. The van der Waals surface area contributed by atoms with E-state index in [1.165, 1.54) is 5.56 Å². The molecule has 0 radical (unpaired) electrons. The molecular formula is C23H29NO4. The quantitative estimate of drug-likeness (QED) is 0.784. The molecule has 0 saturated heterocycles. The molecule has 5 nitrogen and oxygen atoms in total. The second kappa shape index (κ2) is 7.46. The van der Waals surface area contributed by atoms with E-state index in [4.69, 9.17) is 15.2 Å². The van der Waals surface area contributed by atoms with Crippen molar-refractivity contribution in [1.82, 2.24) is 0 Å². The molecule has 1 aromatic carbocycles. The third-order valence-corrected chi connectivity index (χ3v) is 5.39. The van der Waals surface area contributed by atoms with E-state index >= 15 is 0 Å². The van der Waals surface area contributed by atoms with Crippen LogP contribution in [0.5, 0.6) is 0 Å². The Labute approximate surface area is 166 Å². The Morgan fingerprint density at radius 2 is 1.89 bits per heavy atom. The Balaban J connectivity index is 2.14. The summed E-state index contributed by atoms with van der Waals surface area (Å²) in [6, 6.07) is 8.00. The number of hydrogen-bond acceptors (Lipinski definition) is 5. The first-order valence-electron chi connectivity index (χ1n) is 9.85. The van der Waals surface area contributed by atoms with Crippen molar-refractivity contribution in [3.8, 4) is 0 Å². The molecule has 0 saturated carbocycles. The minimum absolute atomic E-state index is 0.00140. The lowest BCUT2D eigenvalue weighted by Gasteiger charge is -2.38. The fourth-order valence-electron chi connectivity index (χ4n) is 4.00. The number of carbonyl (C=O) groups excluding carboxylic acids is 2. The number of allylic oxidation sites excluding steroid dienone is 2. The number of Topliss-reactive ketones (excluding diaryl/α,β-unsaturated/α-hetero) is 1. The Hall–Kier alpha value is -2.56. The summed E-state index contributed by atoms with van der Waals surface area (Å²) in [5.41, 5.74) is 8.75. The van der Waals surface area contributed by atoms with E-state index in [9.17, 15) is 9.59 Å². The standard InChI is InChI=1S/C23H29NO4/c1-6-27-22(26)20-18(15-9-7-14(8-10-15)13(2)3)19-16(25)11-23(4,5)12-17(19)28-21(20)24/h7-10,13,18H,6,11-12,24H2,1-5H3/t18-/m1/s1. The SMILES string of the molecule is CCOC(=O)C1=C(N)OC2=C(C(=O)CC(C)(C)C2)[C@H]1c1ccc(C(C)C)cc1. The Kier molecular flexibility index (Phi) is 5.37. The number of ether oxygens (including phenoxy) is 2. The highest BCUT2D eigenvalue weighted by Gasteiger charge is 2.44. The third kappa shape index (κ3) is 3.71. The molecule has 3 rings (SSSR count). The van der Waals surface area contributed by atoms with Gasteiger partial charge in [0.1, 0.15) is 11.3 Å². The fraction of sp³-hybridized carbons (Fsp3) is 0.478. The van der Waals surface area contributed by atoms with E-state index in [1.807, 2.05) is 38.1 Å². The van der Waals surface area contributed by atoms with Gasteiger partial charge in [0, 0.05) is 18.4 Å². The number of hydrogen-bond donors (Lipinski definition) is 1. The number of benzene rings is 1. The molecular weight excluding hydrogens is 354 g/mol. The molecule has 1 atom stereocenters. The molecule has 5 heteroatoms. The predicted octanol–water partition coefficient (Wildman–Crippen LogP) is 4.30. The zero-order valence-electron chi connectivity index (χ0n) is 17.3. The Morgan fingerprint density at radius 1 is 1.25 bits per heavy atom. The average molecular weight is 383 g/mol. The number of carbonyl (C=O) groups is 2. The first-order chi connectivity index (χ1) is 13.1. The molecule has 1 aliphatic carbocycles. The molecule has 0 fully saturated rings. The van der Waals surface area contributed by atoms with Gasteiger partial charge in [-0.05, 0) is 29.4 Å². The number of rotatable bonds is 4. The monoisotopic (exact) mass is 383 g/mol. The maximum Gasteiger partial charge on any atom is 0.340 e. The highest BCUT2D eigenvalue weighted by Crippen LogP contribution is 2.48. The molecule has 1 aliphatic heterocycles. The summed E-state index contributed by atoms with van der Waals surface area (Å²) in [4.78, 5) is 25.8. The van der Waals surface area contributed by atoms with E-state index in [1.54, 1.807) is 6.92 Å². The first kappa shape index (κ1) is 20.2. The van der Waals surface area contributed by atoms with Crippen molar-refractivity contribution in [3.05, 3.63) is 58.2 Å². The minimum atomic E-state index is -0.562. The van der Waals surface area contributed by atoms with Crippen LogP contribution in [0.15, 0.2) is 47.1 Å². The van der Waals surface area contributed by atoms with Crippen molar-refractivity contribution in [2.75, 3.05) is 6.61 Å². The van der Waals surface area contributed by atoms with Gasteiger partial charge in [-0.3, -0.25) is 4.79 Å². The molecule has 0 unspecified atom stereocenters. The molecule has 28 heavy (non-hydrogen) atoms. The predicted molar refractivity (Wildman–Crippen MR) is 107 cm³/mol. The zero-order chi connectivity index (χ0) is 20.6. The van der Waals surface area contributed by atoms with Crippen LogP contribution in [-0.2, 0) is 19.1 Å². The summed E-state index contributed by atoms with van der Waals surface area (Å²) in [5, 5.41) is 0. The van der Waals surface area contributed by atoms with E-state index < -0.39 is 11.9 Å². The van der Waals surface area contributed by atoms with Crippen molar-refractivity contribution in [2.45, 2.75) is 59.3 Å². The van der Waals surface area contributed by atoms with Crippen molar-refractivity contribution < 1.29 is 19.1 Å². The molecule has 2 aliphatic rings. The number of nitrogens with two attached hydrogens (primary N) is 1. The van der Waals surface area contributed by atoms with Crippen LogP contribution < -0.4 is 5.73 Å². The van der Waals surface area contributed by atoms with Crippen LogP contribution in [0.1, 0.15) is 70.4 Å². The number of esters is 1. The lowest BCUT2D eigenvalue weighted by Crippen LogP contribution is -2.35. The van der Waals surface area contributed by atoms with E-state index in [0.29, 0.717) is 30.1 Å². The summed E-state index contributed by atoms with van der Waals surface area (Å²) in [6.45, 7) is 10.3. The van der Waals surface area contributed by atoms with Gasteiger partial charge in [0.05, 0.1) is 12.5 Å². The lowest BCUT2D eigenvalue weighted by atomic mass is 9.70. The maximum absolute atomic E-state index is 13.1. The second-order valence-corrected chi connectivity index (χ2v) is 8.63. The molecule has 150 valence electrons. The summed E-state index contributed by atoms with van der Waals surface area (Å²) in [7, 11) is 0. The molecule has 0 amide bonds. The molecule has 0 spiro atoms. The van der Waals surface area contributed by atoms with Crippen molar-refractivity contribution in [3.63, 3.8) is 0 Å². The number of ketones is 1. The highest BCUT2D eigenvalue weighted by atomic mass is 16.5. The molecule has 0 aromatic heterocycles. The summed E-state index contributed by atoms with van der Waals surface area (Å²) in [5.74, 6) is -0.112. The summed E-state index contributed by atoms with van der Waals surface area (Å²) >= 11 is 0. The van der Waals surface area contributed by atoms with E-state index in [0.717, 1.165) is 5.56 Å². The Morgan fingerprint density at radius 3 is 2.46 bits per heavy atom. The zero-order valence-corrected chi connectivity index (χ0v) is 17.3. The van der Waals surface area contributed by atoms with Crippen LogP contribution in [0.2, 0.25) is 0 Å². The van der Waals surface area contributed by atoms with Gasteiger partial charge < -0.3 is 15.2 Å². The highest BCUT2D eigenvalue weighted by molar-refractivity contribution is 6.03. The van der Waals surface area contributed by atoms with Crippen LogP contribution in [0, 0.1) is 5.41 Å². The lowest BCUT2D eigenvalue weighted by molar-refractivity contribution is -0.139. The van der Waals surface area contributed by atoms with Crippen molar-refractivity contribution >= 4 is 11.8 Å². The smallest absolute Gasteiger partial charge is 0.340 e. The normalized spacial score (nSPS) is 21.5. The van der Waals surface area contributed by atoms with E-state index in [-0.39, 0.29) is 29.3 Å². The van der Waals surface area contributed by atoms with E-state index in [2.05, 4.69) is 13.8 Å². The van der Waals surface area contributed by atoms with Crippen LogP contribution in [-0.4, -0.2) is 18.4 Å².